The molecule has 0 spiro atoms. The largest absolute Gasteiger partial charge is 0.356 e. The number of nitrogens with zero attached hydrogens (tertiary/aromatic N) is 2. The number of hydrogen-bond acceptors (Lipinski definition) is 2. The van der Waals surface area contributed by atoms with Crippen molar-refractivity contribution in [3.63, 3.8) is 0 Å². The van der Waals surface area contributed by atoms with E-state index in [0.29, 0.717) is 12.2 Å². The molecule has 0 saturated heterocycles. The maximum atomic E-state index is 2.58. The molecule has 0 aromatic heterocycles. The van der Waals surface area contributed by atoms with Crippen LogP contribution in [0.4, 0.5) is 0 Å². The molecule has 0 aromatic rings. The van der Waals surface area contributed by atoms with Crippen LogP contribution in [0, 0.1) is 0 Å². The first kappa shape index (κ1) is 17.4. The van der Waals surface area contributed by atoms with Crippen LogP contribution in [0.25, 0.3) is 0 Å². The van der Waals surface area contributed by atoms with Gasteiger partial charge < -0.3 is 9.80 Å². The third kappa shape index (κ3) is 5.76. The minimum Gasteiger partial charge on any atom is -0.356 e. The maximum Gasteiger partial charge on any atom is 0.101 e. The fourth-order valence-electron chi connectivity index (χ4n) is 3.06. The van der Waals surface area contributed by atoms with Crippen LogP contribution in [0.1, 0.15) is 85.5 Å². The van der Waals surface area contributed by atoms with E-state index in [1.165, 1.54) is 64.3 Å². The Bertz CT molecular complexity index is 260. The van der Waals surface area contributed by atoms with Crippen molar-refractivity contribution >= 4 is 0 Å². The van der Waals surface area contributed by atoms with E-state index in [-0.39, 0.29) is 0 Å². The van der Waals surface area contributed by atoms with Crippen molar-refractivity contribution in [2.45, 2.75) is 97.7 Å². The summed E-state index contributed by atoms with van der Waals surface area (Å²) in [5.41, 5.74) is 0. The third-order valence-corrected chi connectivity index (χ3v) is 4.34. The fourth-order valence-corrected chi connectivity index (χ4v) is 3.06. The molecule has 118 valence electrons. The number of unbranched alkanes of at least 4 members (excludes halogenated alkanes) is 6. The molecule has 1 heterocycles. The zero-order chi connectivity index (χ0) is 14.8. The van der Waals surface area contributed by atoms with Gasteiger partial charge in [-0.2, -0.15) is 0 Å². The predicted octanol–water partition coefficient (Wildman–Crippen LogP) is 5.36. The molecule has 2 heteroatoms. The Morgan fingerprint density at radius 1 is 0.850 bits per heavy atom. The summed E-state index contributed by atoms with van der Waals surface area (Å²) in [4.78, 5) is 5.13. The van der Waals surface area contributed by atoms with Crippen LogP contribution in [-0.2, 0) is 0 Å². The van der Waals surface area contributed by atoms with Crippen LogP contribution in [0.5, 0.6) is 0 Å². The van der Waals surface area contributed by atoms with Crippen molar-refractivity contribution in [3.05, 3.63) is 12.4 Å². The monoisotopic (exact) mass is 280 g/mol. The maximum absolute atomic E-state index is 2.58. The zero-order valence-corrected chi connectivity index (χ0v) is 14.3. The van der Waals surface area contributed by atoms with E-state index in [0.717, 1.165) is 0 Å². The van der Waals surface area contributed by atoms with Gasteiger partial charge in [0.2, 0.25) is 0 Å². The second kappa shape index (κ2) is 10.1. The summed E-state index contributed by atoms with van der Waals surface area (Å²) in [5, 5.41) is 0. The highest BCUT2D eigenvalue weighted by Gasteiger charge is 2.26. The summed E-state index contributed by atoms with van der Waals surface area (Å²) in [6.07, 6.45) is 17.5. The van der Waals surface area contributed by atoms with Crippen LogP contribution in [0.2, 0.25) is 0 Å². The quantitative estimate of drug-likeness (QED) is 0.470. The molecule has 1 aliphatic heterocycles. The van der Waals surface area contributed by atoms with Crippen molar-refractivity contribution in [2.75, 3.05) is 6.54 Å². The molecule has 1 rings (SSSR count). The molecule has 0 fully saturated rings. The summed E-state index contributed by atoms with van der Waals surface area (Å²) >= 11 is 0. The van der Waals surface area contributed by atoms with Crippen molar-refractivity contribution in [3.8, 4) is 0 Å². The van der Waals surface area contributed by atoms with Gasteiger partial charge in [-0.05, 0) is 33.1 Å². The second-order valence-corrected chi connectivity index (χ2v) is 6.47. The van der Waals surface area contributed by atoms with Crippen molar-refractivity contribution in [1.82, 2.24) is 9.80 Å². The lowest BCUT2D eigenvalue weighted by atomic mass is 10.1. The van der Waals surface area contributed by atoms with Gasteiger partial charge in [-0.25, -0.2) is 0 Å². The van der Waals surface area contributed by atoms with Gasteiger partial charge in [0.15, 0.2) is 0 Å². The first-order valence-electron chi connectivity index (χ1n) is 8.92. The molecule has 1 atom stereocenters. The van der Waals surface area contributed by atoms with E-state index in [1.54, 1.807) is 0 Å². The van der Waals surface area contributed by atoms with E-state index in [9.17, 15) is 0 Å². The molecule has 0 amide bonds. The van der Waals surface area contributed by atoms with Gasteiger partial charge in [0.1, 0.15) is 6.17 Å². The molecule has 1 unspecified atom stereocenters. The van der Waals surface area contributed by atoms with E-state index in [1.807, 2.05) is 0 Å². The predicted molar refractivity (Wildman–Crippen MR) is 89.5 cm³/mol. The van der Waals surface area contributed by atoms with E-state index in [2.05, 4.69) is 49.9 Å². The van der Waals surface area contributed by atoms with Gasteiger partial charge >= 0.3 is 0 Å². The van der Waals surface area contributed by atoms with Crippen molar-refractivity contribution < 1.29 is 0 Å². The minimum absolute atomic E-state index is 0.614. The second-order valence-electron chi connectivity index (χ2n) is 6.47. The summed E-state index contributed by atoms with van der Waals surface area (Å²) in [6, 6.07) is 0.614. The Labute approximate surface area is 127 Å². The Hall–Kier alpha value is -0.660. The SMILES string of the molecule is CCCCCCCN1C=CN(C(C)C)C1CCCCC. The van der Waals surface area contributed by atoms with Crippen LogP contribution in [0.3, 0.4) is 0 Å². The molecule has 20 heavy (non-hydrogen) atoms. The lowest BCUT2D eigenvalue weighted by Crippen LogP contribution is -2.42. The van der Waals surface area contributed by atoms with Gasteiger partial charge in [0.25, 0.3) is 0 Å². The van der Waals surface area contributed by atoms with Gasteiger partial charge in [-0.1, -0.05) is 52.4 Å². The highest BCUT2D eigenvalue weighted by Crippen LogP contribution is 2.24. The molecule has 0 radical (unpaired) electrons. The molecular weight excluding hydrogens is 244 g/mol. The molecule has 0 aliphatic carbocycles. The zero-order valence-electron chi connectivity index (χ0n) is 14.3. The Morgan fingerprint density at radius 2 is 1.50 bits per heavy atom. The van der Waals surface area contributed by atoms with Crippen molar-refractivity contribution in [1.29, 1.82) is 0 Å². The highest BCUT2D eigenvalue weighted by atomic mass is 15.4. The van der Waals surface area contributed by atoms with Gasteiger partial charge in [0.05, 0.1) is 0 Å². The average molecular weight is 281 g/mol. The molecule has 1 aliphatic rings. The average Bonchev–Trinajstić information content (AvgIpc) is 2.82. The fraction of sp³-hybridized carbons (Fsp3) is 0.889. The third-order valence-electron chi connectivity index (χ3n) is 4.34. The topological polar surface area (TPSA) is 6.48 Å². The van der Waals surface area contributed by atoms with Crippen LogP contribution >= 0.6 is 0 Å². The lowest BCUT2D eigenvalue weighted by molar-refractivity contribution is 0.114. The molecule has 2 nitrogen and oxygen atoms in total. The molecule has 0 bridgehead atoms. The number of hydrogen-bond donors (Lipinski definition) is 0. The molecule has 0 N–H and O–H groups in total. The van der Waals surface area contributed by atoms with Crippen LogP contribution in [0.15, 0.2) is 12.4 Å². The highest BCUT2D eigenvalue weighted by molar-refractivity contribution is 4.98. The van der Waals surface area contributed by atoms with E-state index >= 15 is 0 Å². The summed E-state index contributed by atoms with van der Waals surface area (Å²) < 4.78 is 0. The van der Waals surface area contributed by atoms with Crippen LogP contribution < -0.4 is 0 Å². The Morgan fingerprint density at radius 3 is 2.15 bits per heavy atom. The smallest absolute Gasteiger partial charge is 0.101 e. The Kier molecular flexibility index (Phi) is 8.80. The summed E-state index contributed by atoms with van der Waals surface area (Å²) in [7, 11) is 0. The van der Waals surface area contributed by atoms with Crippen LogP contribution in [-0.4, -0.2) is 28.6 Å². The first-order valence-corrected chi connectivity index (χ1v) is 8.92. The standard InChI is InChI=1S/C18H36N2/c1-5-7-9-10-12-14-19-15-16-20(17(3)4)18(19)13-11-8-6-2/h15-18H,5-14H2,1-4H3. The molecule has 0 aromatic carbocycles. The first-order chi connectivity index (χ1) is 9.70. The number of rotatable bonds is 11. The van der Waals surface area contributed by atoms with Gasteiger partial charge in [-0.3, -0.25) is 0 Å². The van der Waals surface area contributed by atoms with Crippen molar-refractivity contribution in [2.24, 2.45) is 0 Å². The normalized spacial score (nSPS) is 18.6. The minimum atomic E-state index is 0.614. The van der Waals surface area contributed by atoms with Gasteiger partial charge in [0, 0.05) is 25.0 Å². The summed E-state index contributed by atoms with van der Waals surface area (Å²) in [6.45, 7) is 10.4. The van der Waals surface area contributed by atoms with E-state index < -0.39 is 0 Å². The van der Waals surface area contributed by atoms with E-state index in [4.69, 9.17) is 0 Å². The summed E-state index contributed by atoms with van der Waals surface area (Å²) in [5.74, 6) is 0. The lowest BCUT2D eigenvalue weighted by Gasteiger charge is -2.35. The Balaban J connectivity index is 2.36. The molecular formula is C18H36N2. The van der Waals surface area contributed by atoms with Gasteiger partial charge in [-0.15, -0.1) is 0 Å². The molecule has 0 saturated carbocycles.